The van der Waals surface area contributed by atoms with Crippen LogP contribution in [0.15, 0.2) is 18.2 Å². The Kier molecular flexibility index (Phi) is 5.44. The molecule has 2 rings (SSSR count). The molecule has 0 spiro atoms. The van der Waals surface area contributed by atoms with Crippen molar-refractivity contribution in [2.24, 2.45) is 5.92 Å². The van der Waals surface area contributed by atoms with Crippen molar-refractivity contribution in [2.75, 3.05) is 19.6 Å². The van der Waals surface area contributed by atoms with Crippen molar-refractivity contribution in [3.63, 3.8) is 0 Å². The van der Waals surface area contributed by atoms with Gasteiger partial charge in [0.2, 0.25) is 0 Å². The minimum absolute atomic E-state index is 0.419. The summed E-state index contributed by atoms with van der Waals surface area (Å²) in [5.74, 6) is 1.15. The molecule has 0 saturated carbocycles. The van der Waals surface area contributed by atoms with E-state index in [9.17, 15) is 5.11 Å². The SMILES string of the molecule is Cc1ccc(O)c(CN(CC2CCCNC2)C(C)C)c1. The van der Waals surface area contributed by atoms with Crippen molar-refractivity contribution in [1.29, 1.82) is 0 Å². The fourth-order valence-electron chi connectivity index (χ4n) is 2.93. The molecule has 0 radical (unpaired) electrons. The van der Waals surface area contributed by atoms with E-state index in [0.29, 0.717) is 11.8 Å². The number of rotatable bonds is 5. The molecule has 1 aliphatic rings. The second-order valence-corrected chi connectivity index (χ2v) is 6.37. The molecule has 3 nitrogen and oxygen atoms in total. The summed E-state index contributed by atoms with van der Waals surface area (Å²) in [6.07, 6.45) is 2.60. The summed E-state index contributed by atoms with van der Waals surface area (Å²) in [4.78, 5) is 2.48. The normalized spacial score (nSPS) is 19.8. The molecule has 0 aliphatic carbocycles. The molecule has 112 valence electrons. The fourth-order valence-corrected chi connectivity index (χ4v) is 2.93. The first-order valence-corrected chi connectivity index (χ1v) is 7.79. The molecule has 1 unspecified atom stereocenters. The predicted molar refractivity (Wildman–Crippen MR) is 84.0 cm³/mol. The highest BCUT2D eigenvalue weighted by atomic mass is 16.3. The summed E-state index contributed by atoms with van der Waals surface area (Å²) in [7, 11) is 0. The van der Waals surface area contributed by atoms with E-state index in [0.717, 1.165) is 37.7 Å². The van der Waals surface area contributed by atoms with E-state index >= 15 is 0 Å². The van der Waals surface area contributed by atoms with Crippen molar-refractivity contribution >= 4 is 0 Å². The van der Waals surface area contributed by atoms with Gasteiger partial charge in [0, 0.05) is 24.7 Å². The van der Waals surface area contributed by atoms with Crippen LogP contribution in [-0.4, -0.2) is 35.7 Å². The van der Waals surface area contributed by atoms with Crippen LogP contribution in [-0.2, 0) is 6.54 Å². The molecule has 1 fully saturated rings. The molecule has 1 atom stereocenters. The number of phenols is 1. The molecule has 0 amide bonds. The van der Waals surface area contributed by atoms with Crippen LogP contribution >= 0.6 is 0 Å². The molecule has 1 heterocycles. The van der Waals surface area contributed by atoms with E-state index in [1.165, 1.54) is 18.4 Å². The van der Waals surface area contributed by atoms with Gasteiger partial charge in [0.05, 0.1) is 0 Å². The molecule has 20 heavy (non-hydrogen) atoms. The van der Waals surface area contributed by atoms with Gasteiger partial charge in [0.15, 0.2) is 0 Å². The van der Waals surface area contributed by atoms with Crippen molar-refractivity contribution < 1.29 is 5.11 Å². The van der Waals surface area contributed by atoms with Gasteiger partial charge in [-0.05, 0) is 58.7 Å². The molecule has 3 heteroatoms. The third kappa shape index (κ3) is 4.22. The smallest absolute Gasteiger partial charge is 0.120 e. The summed E-state index contributed by atoms with van der Waals surface area (Å²) in [6, 6.07) is 6.37. The Balaban J connectivity index is 2.02. The van der Waals surface area contributed by atoms with Crippen LogP contribution in [0.4, 0.5) is 0 Å². The number of nitrogens with one attached hydrogen (secondary N) is 1. The summed E-state index contributed by atoms with van der Waals surface area (Å²) in [5.41, 5.74) is 2.25. The van der Waals surface area contributed by atoms with Gasteiger partial charge in [-0.3, -0.25) is 4.90 Å². The fraction of sp³-hybridized carbons (Fsp3) is 0.647. The third-order valence-corrected chi connectivity index (χ3v) is 4.23. The molecule has 2 N–H and O–H groups in total. The number of hydrogen-bond acceptors (Lipinski definition) is 3. The largest absolute Gasteiger partial charge is 0.508 e. The highest BCUT2D eigenvalue weighted by molar-refractivity contribution is 5.35. The van der Waals surface area contributed by atoms with Gasteiger partial charge in [0.25, 0.3) is 0 Å². The first kappa shape index (κ1) is 15.3. The molecule has 1 saturated heterocycles. The second kappa shape index (κ2) is 7.09. The van der Waals surface area contributed by atoms with Gasteiger partial charge < -0.3 is 10.4 Å². The maximum Gasteiger partial charge on any atom is 0.120 e. The zero-order chi connectivity index (χ0) is 14.5. The van der Waals surface area contributed by atoms with Crippen LogP contribution in [0.25, 0.3) is 0 Å². The van der Waals surface area contributed by atoms with E-state index < -0.39 is 0 Å². The number of hydrogen-bond donors (Lipinski definition) is 2. The Labute approximate surface area is 123 Å². The molecular weight excluding hydrogens is 248 g/mol. The molecule has 1 aromatic rings. The molecule has 1 aliphatic heterocycles. The van der Waals surface area contributed by atoms with Crippen LogP contribution in [0.3, 0.4) is 0 Å². The van der Waals surface area contributed by atoms with E-state index in [1.54, 1.807) is 0 Å². The van der Waals surface area contributed by atoms with E-state index in [4.69, 9.17) is 0 Å². The van der Waals surface area contributed by atoms with Crippen molar-refractivity contribution in [2.45, 2.75) is 46.2 Å². The summed E-state index contributed by atoms with van der Waals surface area (Å²) in [5, 5.41) is 13.5. The van der Waals surface area contributed by atoms with Crippen molar-refractivity contribution in [1.82, 2.24) is 10.2 Å². The Bertz CT molecular complexity index is 425. The molecule has 0 aromatic heterocycles. The van der Waals surface area contributed by atoms with Gasteiger partial charge in [-0.1, -0.05) is 17.7 Å². The van der Waals surface area contributed by atoms with E-state index in [2.05, 4.69) is 37.1 Å². The standard InChI is InChI=1S/C17H28N2O/c1-13(2)19(11-15-5-4-8-18-10-15)12-16-9-14(3)6-7-17(16)20/h6-7,9,13,15,18,20H,4-5,8,10-12H2,1-3H3. The van der Waals surface area contributed by atoms with E-state index in [1.807, 2.05) is 12.1 Å². The zero-order valence-electron chi connectivity index (χ0n) is 13.0. The second-order valence-electron chi connectivity index (χ2n) is 6.37. The van der Waals surface area contributed by atoms with Crippen LogP contribution in [0, 0.1) is 12.8 Å². The first-order chi connectivity index (χ1) is 9.56. The Morgan fingerprint density at radius 1 is 1.40 bits per heavy atom. The number of phenolic OH excluding ortho intramolecular Hbond substituents is 1. The van der Waals surface area contributed by atoms with Crippen LogP contribution in [0.1, 0.15) is 37.8 Å². The maximum absolute atomic E-state index is 10.0. The highest BCUT2D eigenvalue weighted by Crippen LogP contribution is 2.22. The van der Waals surface area contributed by atoms with Crippen LogP contribution in [0.5, 0.6) is 5.75 Å². The van der Waals surface area contributed by atoms with Gasteiger partial charge in [-0.15, -0.1) is 0 Å². The monoisotopic (exact) mass is 276 g/mol. The zero-order valence-corrected chi connectivity index (χ0v) is 13.0. The Hall–Kier alpha value is -1.06. The molecule has 0 bridgehead atoms. The summed E-state index contributed by atoms with van der Waals surface area (Å²) in [6.45, 7) is 10.8. The van der Waals surface area contributed by atoms with Gasteiger partial charge >= 0.3 is 0 Å². The van der Waals surface area contributed by atoms with Gasteiger partial charge in [-0.2, -0.15) is 0 Å². The van der Waals surface area contributed by atoms with E-state index in [-0.39, 0.29) is 0 Å². The Morgan fingerprint density at radius 2 is 2.20 bits per heavy atom. The topological polar surface area (TPSA) is 35.5 Å². The van der Waals surface area contributed by atoms with Crippen molar-refractivity contribution in [3.05, 3.63) is 29.3 Å². The summed E-state index contributed by atoms with van der Waals surface area (Å²) >= 11 is 0. The average molecular weight is 276 g/mol. The number of aromatic hydroxyl groups is 1. The highest BCUT2D eigenvalue weighted by Gasteiger charge is 2.19. The number of piperidine rings is 1. The minimum Gasteiger partial charge on any atom is -0.508 e. The number of aryl methyl sites for hydroxylation is 1. The summed E-state index contributed by atoms with van der Waals surface area (Å²) < 4.78 is 0. The average Bonchev–Trinajstić information content (AvgIpc) is 2.43. The first-order valence-electron chi connectivity index (χ1n) is 7.79. The number of nitrogens with zero attached hydrogens (tertiary/aromatic N) is 1. The lowest BCUT2D eigenvalue weighted by Crippen LogP contribution is -2.40. The van der Waals surface area contributed by atoms with Gasteiger partial charge in [0.1, 0.15) is 5.75 Å². The number of benzene rings is 1. The lowest BCUT2D eigenvalue weighted by molar-refractivity contribution is 0.162. The van der Waals surface area contributed by atoms with Gasteiger partial charge in [-0.25, -0.2) is 0 Å². The lowest BCUT2D eigenvalue weighted by Gasteiger charge is -2.33. The quantitative estimate of drug-likeness (QED) is 0.868. The van der Waals surface area contributed by atoms with Crippen LogP contribution < -0.4 is 5.32 Å². The third-order valence-electron chi connectivity index (χ3n) is 4.23. The molecule has 1 aromatic carbocycles. The maximum atomic E-state index is 10.0. The van der Waals surface area contributed by atoms with Crippen molar-refractivity contribution in [3.8, 4) is 5.75 Å². The minimum atomic E-state index is 0.419. The van der Waals surface area contributed by atoms with Crippen LogP contribution in [0.2, 0.25) is 0 Å². The lowest BCUT2D eigenvalue weighted by atomic mass is 9.98. The Morgan fingerprint density at radius 3 is 2.85 bits per heavy atom. The predicted octanol–water partition coefficient (Wildman–Crippen LogP) is 2.91. The molecular formula is C17H28N2O.